The van der Waals surface area contributed by atoms with Crippen LogP contribution in [-0.2, 0) is 0 Å². The van der Waals surface area contributed by atoms with Gasteiger partial charge in [-0.25, -0.2) is 0 Å². The first kappa shape index (κ1) is 6.80. The lowest BCUT2D eigenvalue weighted by molar-refractivity contribution is -0.0277. The van der Waals surface area contributed by atoms with Crippen molar-refractivity contribution >= 4 is 0 Å². The second-order valence-corrected chi connectivity index (χ2v) is 5.05. The third-order valence-electron chi connectivity index (χ3n) is 3.48. The Morgan fingerprint density at radius 2 is 2.10 bits per heavy atom. The van der Waals surface area contributed by atoms with Crippen molar-refractivity contribution in [1.82, 2.24) is 4.90 Å². The standard InChI is InChI=1S/C17H27NO2/c1-18(2)13-16(17(19)11-5-4-6-12-17)14-7-9-15(20-3)10-8-14/h7-10,16,19H,4-6,11-13H2,1-3H3/i1D3,7D,8D,9D,10D,13D2,16D. The number of rotatable bonds is 5. The summed E-state index contributed by atoms with van der Waals surface area (Å²) in [5.74, 6) is -3.22. The van der Waals surface area contributed by atoms with Crippen LogP contribution in [0.25, 0.3) is 0 Å². The first-order chi connectivity index (χ1) is 13.6. The van der Waals surface area contributed by atoms with Crippen LogP contribution in [0, 0.1) is 0 Å². The highest BCUT2D eigenvalue weighted by atomic mass is 16.5. The Morgan fingerprint density at radius 1 is 1.45 bits per heavy atom. The third kappa shape index (κ3) is 3.53. The molecule has 0 bridgehead atoms. The van der Waals surface area contributed by atoms with Gasteiger partial charge in [0.25, 0.3) is 0 Å². The predicted octanol–water partition coefficient (Wildman–Crippen LogP) is 3.04. The van der Waals surface area contributed by atoms with Crippen LogP contribution in [-0.4, -0.2) is 43.2 Å². The van der Waals surface area contributed by atoms with Gasteiger partial charge in [0.05, 0.1) is 18.2 Å². The molecule has 0 amide bonds. The van der Waals surface area contributed by atoms with E-state index in [0.29, 0.717) is 17.7 Å². The van der Waals surface area contributed by atoms with E-state index >= 15 is 0 Å². The number of hydrogen-bond donors (Lipinski definition) is 1. The van der Waals surface area contributed by atoms with E-state index in [-0.39, 0.29) is 18.6 Å². The molecule has 1 atom stereocenters. The van der Waals surface area contributed by atoms with E-state index in [1.807, 2.05) is 0 Å². The highest BCUT2D eigenvalue weighted by Gasteiger charge is 2.38. The van der Waals surface area contributed by atoms with Crippen LogP contribution in [0.15, 0.2) is 24.2 Å². The van der Waals surface area contributed by atoms with Gasteiger partial charge in [0, 0.05) is 20.6 Å². The number of ether oxygens (including phenoxy) is 1. The zero-order valence-electron chi connectivity index (χ0n) is 21.8. The summed E-state index contributed by atoms with van der Waals surface area (Å²) >= 11 is 0. The first-order valence-electron chi connectivity index (χ1n) is 11.7. The minimum absolute atomic E-state index is 0.0452. The summed E-state index contributed by atoms with van der Waals surface area (Å²) in [6, 6.07) is -2.75. The fourth-order valence-electron chi connectivity index (χ4n) is 2.48. The number of nitrogens with zero attached hydrogens (tertiary/aromatic N) is 1. The van der Waals surface area contributed by atoms with Crippen LogP contribution >= 0.6 is 0 Å². The van der Waals surface area contributed by atoms with Crippen molar-refractivity contribution in [2.45, 2.75) is 43.6 Å². The van der Waals surface area contributed by atoms with E-state index in [0.717, 1.165) is 20.6 Å². The molecule has 0 spiro atoms. The topological polar surface area (TPSA) is 32.7 Å². The molecule has 3 nitrogen and oxygen atoms in total. The summed E-state index contributed by atoms with van der Waals surface area (Å²) in [5, 5.41) is 11.5. The summed E-state index contributed by atoms with van der Waals surface area (Å²) in [7, 11) is 2.11. The number of methoxy groups -OCH3 is 1. The van der Waals surface area contributed by atoms with E-state index < -0.39 is 54.7 Å². The van der Waals surface area contributed by atoms with Gasteiger partial charge in [0.2, 0.25) is 0 Å². The summed E-state index contributed by atoms with van der Waals surface area (Å²) in [4.78, 5) is 0.329. The first-order valence-corrected chi connectivity index (χ1v) is 6.69. The Kier molecular flexibility index (Phi) is 2.24. The van der Waals surface area contributed by atoms with Gasteiger partial charge in [-0.05, 0) is 44.5 Å². The van der Waals surface area contributed by atoms with Crippen LogP contribution in [0.4, 0.5) is 0 Å². The molecule has 0 radical (unpaired) electrons. The Hall–Kier alpha value is -1.06. The maximum absolute atomic E-state index is 11.5. The molecule has 1 aliphatic carbocycles. The van der Waals surface area contributed by atoms with Crippen molar-refractivity contribution in [3.05, 3.63) is 29.7 Å². The molecule has 1 fully saturated rings. The van der Waals surface area contributed by atoms with Gasteiger partial charge in [-0.3, -0.25) is 0 Å². The zero-order chi connectivity index (χ0) is 23.3. The predicted molar refractivity (Wildman–Crippen MR) is 82.3 cm³/mol. The van der Waals surface area contributed by atoms with Crippen molar-refractivity contribution in [1.29, 1.82) is 0 Å². The summed E-state index contributed by atoms with van der Waals surface area (Å²) in [6.45, 7) is -6.06. The van der Waals surface area contributed by atoms with Crippen LogP contribution < -0.4 is 4.74 Å². The lowest BCUT2D eigenvalue weighted by Crippen LogP contribution is -2.42. The average molecular weight is 287 g/mol. The number of benzene rings is 1. The molecule has 1 aliphatic rings. The lowest BCUT2D eigenvalue weighted by Gasteiger charge is -2.40. The van der Waals surface area contributed by atoms with E-state index in [1.165, 1.54) is 0 Å². The molecule has 1 aromatic rings. The summed E-state index contributed by atoms with van der Waals surface area (Å²) in [5.41, 5.74) is -2.81. The Bertz CT molecular complexity index is 778. The Morgan fingerprint density at radius 3 is 2.65 bits per heavy atom. The molecule has 1 N–H and O–H groups in total. The van der Waals surface area contributed by atoms with E-state index in [2.05, 4.69) is 0 Å². The molecule has 20 heavy (non-hydrogen) atoms. The molecular weight excluding hydrogens is 250 g/mol. The van der Waals surface area contributed by atoms with Gasteiger partial charge >= 0.3 is 0 Å². The minimum Gasteiger partial charge on any atom is -0.497 e. The van der Waals surface area contributed by atoms with Crippen molar-refractivity contribution in [2.24, 2.45) is 0 Å². The monoisotopic (exact) mass is 287 g/mol. The normalized spacial score (nSPS) is 30.0. The second-order valence-electron chi connectivity index (χ2n) is 5.05. The van der Waals surface area contributed by atoms with E-state index in [1.54, 1.807) is 0 Å². The molecule has 1 saturated carbocycles. The molecule has 0 aliphatic heterocycles. The maximum atomic E-state index is 11.5. The summed E-state index contributed by atoms with van der Waals surface area (Å²) in [6.07, 6.45) is 1.53. The number of likely N-dealkylation sites (N-methyl/N-ethyl adjacent to an activating group) is 1. The second kappa shape index (κ2) is 6.59. The van der Waals surface area contributed by atoms with Gasteiger partial charge in [0.15, 0.2) is 0 Å². The highest BCUT2D eigenvalue weighted by Crippen LogP contribution is 2.40. The lowest BCUT2D eigenvalue weighted by atomic mass is 9.72. The van der Waals surface area contributed by atoms with Crippen LogP contribution in [0.3, 0.4) is 0 Å². The fraction of sp³-hybridized carbons (Fsp3) is 0.647. The molecule has 0 aromatic heterocycles. The van der Waals surface area contributed by atoms with E-state index in [4.69, 9.17) is 17.1 Å². The molecule has 112 valence electrons. The third-order valence-corrected chi connectivity index (χ3v) is 3.48. The molecule has 3 heteroatoms. The van der Waals surface area contributed by atoms with Crippen molar-refractivity contribution < 1.29 is 23.6 Å². The van der Waals surface area contributed by atoms with Gasteiger partial charge in [-0.15, -0.1) is 0 Å². The van der Waals surface area contributed by atoms with Gasteiger partial charge < -0.3 is 14.7 Å². The quantitative estimate of drug-likeness (QED) is 0.903. The fourth-order valence-corrected chi connectivity index (χ4v) is 2.48. The van der Waals surface area contributed by atoms with Crippen LogP contribution in [0.2, 0.25) is 0 Å². The molecule has 1 unspecified atom stereocenters. The SMILES string of the molecule is [2H]c1c([2H])c(C([2H])(C2(O)CCCCC2)C([2H])([2H])N(C)C([2H])([2H])[2H])c([2H])c([2H])c1OC. The molecule has 2 rings (SSSR count). The van der Waals surface area contributed by atoms with Crippen molar-refractivity contribution in [3.8, 4) is 5.75 Å². The van der Waals surface area contributed by atoms with E-state index in [9.17, 15) is 6.48 Å². The smallest absolute Gasteiger partial charge is 0.118 e. The molecule has 0 saturated heterocycles. The zero-order valence-corrected chi connectivity index (χ0v) is 11.8. The maximum Gasteiger partial charge on any atom is 0.118 e. The van der Waals surface area contributed by atoms with Crippen molar-refractivity contribution in [3.63, 3.8) is 0 Å². The molecular formula is C17H27NO2. The van der Waals surface area contributed by atoms with Crippen molar-refractivity contribution in [2.75, 3.05) is 27.6 Å². The number of aliphatic hydroxyl groups is 1. The summed E-state index contributed by atoms with van der Waals surface area (Å²) < 4.78 is 87.4. The Balaban J connectivity index is 2.96. The van der Waals surface area contributed by atoms with Gasteiger partial charge in [-0.1, -0.05) is 31.3 Å². The largest absolute Gasteiger partial charge is 0.497 e. The molecule has 1 aromatic carbocycles. The minimum atomic E-state index is -3.08. The van der Waals surface area contributed by atoms with Crippen LogP contribution in [0.5, 0.6) is 5.75 Å². The Labute approximate surface area is 136 Å². The van der Waals surface area contributed by atoms with Gasteiger partial charge in [-0.2, -0.15) is 0 Å². The number of hydrogen-bond acceptors (Lipinski definition) is 3. The van der Waals surface area contributed by atoms with Crippen LogP contribution in [0.1, 0.15) is 57.3 Å². The average Bonchev–Trinajstić information content (AvgIpc) is 2.66. The molecule has 0 heterocycles. The highest BCUT2D eigenvalue weighted by molar-refractivity contribution is 5.31. The van der Waals surface area contributed by atoms with Gasteiger partial charge in [0.1, 0.15) is 5.75 Å².